The summed E-state index contributed by atoms with van der Waals surface area (Å²) in [5.41, 5.74) is 3.50. The van der Waals surface area contributed by atoms with Crippen molar-refractivity contribution in [2.45, 2.75) is 66.3 Å². The van der Waals surface area contributed by atoms with E-state index in [4.69, 9.17) is 4.98 Å². The monoisotopic (exact) mass is 445 g/mol. The van der Waals surface area contributed by atoms with Crippen LogP contribution >= 0.6 is 0 Å². The van der Waals surface area contributed by atoms with Crippen molar-refractivity contribution in [1.82, 2.24) is 14.5 Å². The molecule has 33 heavy (non-hydrogen) atoms. The van der Waals surface area contributed by atoms with Crippen LogP contribution in [0.1, 0.15) is 69.4 Å². The van der Waals surface area contributed by atoms with Crippen LogP contribution in [0.4, 0.5) is 0 Å². The van der Waals surface area contributed by atoms with E-state index in [1.807, 2.05) is 62.1 Å². The van der Waals surface area contributed by atoms with Crippen molar-refractivity contribution in [1.29, 1.82) is 0 Å². The molecule has 5 heteroatoms. The predicted molar refractivity (Wildman–Crippen MR) is 134 cm³/mol. The average Bonchev–Trinajstić information content (AvgIpc) is 3.33. The van der Waals surface area contributed by atoms with E-state index < -0.39 is 0 Å². The number of fused-ring (bicyclic) bond motifs is 1. The van der Waals surface area contributed by atoms with E-state index in [1.165, 1.54) is 0 Å². The van der Waals surface area contributed by atoms with Gasteiger partial charge in [0.2, 0.25) is 5.91 Å². The van der Waals surface area contributed by atoms with Crippen molar-refractivity contribution in [3.8, 4) is 5.69 Å². The van der Waals surface area contributed by atoms with Crippen molar-refractivity contribution < 1.29 is 4.79 Å². The maximum absolute atomic E-state index is 13.8. The lowest BCUT2D eigenvalue weighted by molar-refractivity contribution is -0.138. The van der Waals surface area contributed by atoms with Gasteiger partial charge in [-0.15, -0.1) is 0 Å². The van der Waals surface area contributed by atoms with Crippen molar-refractivity contribution >= 4 is 16.8 Å². The fourth-order valence-corrected chi connectivity index (χ4v) is 5.00. The van der Waals surface area contributed by atoms with Crippen molar-refractivity contribution in [3.05, 3.63) is 69.8 Å². The van der Waals surface area contributed by atoms with Gasteiger partial charge in [-0.3, -0.25) is 14.2 Å². The second-order valence-electron chi connectivity index (χ2n) is 9.96. The van der Waals surface area contributed by atoms with Crippen LogP contribution in [0.15, 0.2) is 47.3 Å². The second kappa shape index (κ2) is 9.50. The first-order valence-electron chi connectivity index (χ1n) is 12.2. The van der Waals surface area contributed by atoms with Crippen molar-refractivity contribution in [3.63, 3.8) is 0 Å². The molecule has 0 spiro atoms. The Hall–Kier alpha value is -2.95. The number of hydrogen-bond donors (Lipinski definition) is 0. The Kier molecular flexibility index (Phi) is 6.68. The quantitative estimate of drug-likeness (QED) is 0.486. The molecule has 1 aliphatic rings. The summed E-state index contributed by atoms with van der Waals surface area (Å²) in [4.78, 5) is 34.4. The van der Waals surface area contributed by atoms with E-state index in [9.17, 15) is 9.59 Å². The Morgan fingerprint density at radius 2 is 1.79 bits per heavy atom. The third-order valence-corrected chi connectivity index (χ3v) is 6.80. The van der Waals surface area contributed by atoms with Gasteiger partial charge in [-0.1, -0.05) is 51.0 Å². The van der Waals surface area contributed by atoms with Crippen LogP contribution in [0.2, 0.25) is 0 Å². The van der Waals surface area contributed by atoms with Gasteiger partial charge >= 0.3 is 0 Å². The third kappa shape index (κ3) is 4.59. The van der Waals surface area contributed by atoms with Crippen LogP contribution < -0.4 is 5.56 Å². The lowest BCUT2D eigenvalue weighted by atomic mass is 10.0. The minimum atomic E-state index is -0.322. The zero-order chi connectivity index (χ0) is 23.7. The van der Waals surface area contributed by atoms with Gasteiger partial charge in [0.25, 0.3) is 5.56 Å². The number of para-hydroxylation sites is 1. The highest BCUT2D eigenvalue weighted by Crippen LogP contribution is 2.31. The van der Waals surface area contributed by atoms with E-state index in [0.717, 1.165) is 42.5 Å². The molecule has 5 nitrogen and oxygen atoms in total. The minimum Gasteiger partial charge on any atom is -0.332 e. The highest BCUT2D eigenvalue weighted by Gasteiger charge is 2.33. The Morgan fingerprint density at radius 1 is 1.09 bits per heavy atom. The standard InChI is InChI=1S/C28H35N3O2/c1-18(2)17-30(27(32)22-10-6-7-11-22)21(5)26-29-24-13-9-8-12-23(24)28(33)31(26)25-16-19(3)14-15-20(25)4/h8-9,12-16,18,21-22H,6-7,10-11,17H2,1-5H3. The summed E-state index contributed by atoms with van der Waals surface area (Å²) in [6, 6.07) is 13.3. The van der Waals surface area contributed by atoms with E-state index in [2.05, 4.69) is 19.9 Å². The molecule has 0 saturated heterocycles. The van der Waals surface area contributed by atoms with E-state index in [-0.39, 0.29) is 23.4 Å². The normalized spacial score (nSPS) is 15.3. The largest absolute Gasteiger partial charge is 0.332 e. The molecule has 2 aromatic carbocycles. The van der Waals surface area contributed by atoms with Crippen LogP contribution in [-0.4, -0.2) is 26.9 Å². The highest BCUT2D eigenvalue weighted by molar-refractivity contribution is 5.80. The molecular formula is C28H35N3O2. The SMILES string of the molecule is Cc1ccc(C)c(-n2c(C(C)N(CC(C)C)C(=O)C3CCCC3)nc3ccccc3c2=O)c1. The van der Waals surface area contributed by atoms with Crippen LogP contribution in [0.5, 0.6) is 0 Å². The van der Waals surface area contributed by atoms with Crippen molar-refractivity contribution in [2.24, 2.45) is 11.8 Å². The first-order valence-corrected chi connectivity index (χ1v) is 12.2. The second-order valence-corrected chi connectivity index (χ2v) is 9.96. The maximum atomic E-state index is 13.8. The summed E-state index contributed by atoms with van der Waals surface area (Å²) in [7, 11) is 0. The summed E-state index contributed by atoms with van der Waals surface area (Å²) < 4.78 is 1.74. The molecule has 1 aromatic heterocycles. The minimum absolute atomic E-state index is 0.0764. The van der Waals surface area contributed by atoms with E-state index >= 15 is 0 Å². The van der Waals surface area contributed by atoms with Crippen LogP contribution in [0, 0.1) is 25.7 Å². The molecule has 3 aromatic rings. The van der Waals surface area contributed by atoms with E-state index in [1.54, 1.807) is 4.57 Å². The number of carbonyl (C=O) groups is 1. The van der Waals surface area contributed by atoms with Gasteiger partial charge in [0.15, 0.2) is 0 Å². The number of rotatable bonds is 6. The summed E-state index contributed by atoms with van der Waals surface area (Å²) in [5.74, 6) is 1.22. The highest BCUT2D eigenvalue weighted by atomic mass is 16.2. The molecule has 0 aliphatic heterocycles. The molecule has 4 rings (SSSR count). The fraction of sp³-hybridized carbons (Fsp3) is 0.464. The number of hydrogen-bond acceptors (Lipinski definition) is 3. The van der Waals surface area contributed by atoms with Gasteiger partial charge in [-0.25, -0.2) is 4.98 Å². The van der Waals surface area contributed by atoms with Gasteiger partial charge < -0.3 is 4.90 Å². The molecule has 1 saturated carbocycles. The van der Waals surface area contributed by atoms with Gasteiger partial charge in [0.1, 0.15) is 5.82 Å². The summed E-state index contributed by atoms with van der Waals surface area (Å²) in [6.45, 7) is 11.0. The molecule has 1 unspecified atom stereocenters. The number of benzene rings is 2. The molecule has 1 fully saturated rings. The van der Waals surface area contributed by atoms with Gasteiger partial charge in [0.05, 0.1) is 22.6 Å². The molecule has 1 aliphatic carbocycles. The number of amides is 1. The molecule has 174 valence electrons. The summed E-state index contributed by atoms with van der Waals surface area (Å²) in [5, 5.41) is 0.590. The Balaban J connectivity index is 1.93. The zero-order valence-corrected chi connectivity index (χ0v) is 20.5. The lowest BCUT2D eigenvalue weighted by Gasteiger charge is -2.34. The molecule has 0 N–H and O–H groups in total. The number of aryl methyl sites for hydroxylation is 2. The van der Waals surface area contributed by atoms with Crippen molar-refractivity contribution in [2.75, 3.05) is 6.54 Å². The van der Waals surface area contributed by atoms with Crippen LogP contribution in [-0.2, 0) is 4.79 Å². The maximum Gasteiger partial charge on any atom is 0.266 e. The fourth-order valence-electron chi connectivity index (χ4n) is 5.00. The topological polar surface area (TPSA) is 55.2 Å². The first-order chi connectivity index (χ1) is 15.8. The first kappa shape index (κ1) is 23.2. The molecule has 0 radical (unpaired) electrons. The average molecular weight is 446 g/mol. The van der Waals surface area contributed by atoms with Gasteiger partial charge in [0, 0.05) is 12.5 Å². The molecule has 1 atom stereocenters. The number of nitrogens with zero attached hydrogens (tertiary/aromatic N) is 3. The summed E-state index contributed by atoms with van der Waals surface area (Å²) >= 11 is 0. The van der Waals surface area contributed by atoms with Crippen LogP contribution in [0.3, 0.4) is 0 Å². The van der Waals surface area contributed by atoms with E-state index in [0.29, 0.717) is 29.2 Å². The zero-order valence-electron chi connectivity index (χ0n) is 20.5. The van der Waals surface area contributed by atoms with Gasteiger partial charge in [-0.2, -0.15) is 0 Å². The lowest BCUT2D eigenvalue weighted by Crippen LogP contribution is -2.42. The third-order valence-electron chi connectivity index (χ3n) is 6.80. The number of carbonyl (C=O) groups excluding carboxylic acids is 1. The molecular weight excluding hydrogens is 410 g/mol. The Bertz CT molecular complexity index is 1220. The predicted octanol–water partition coefficient (Wildman–Crippen LogP) is 5.74. The smallest absolute Gasteiger partial charge is 0.266 e. The van der Waals surface area contributed by atoms with Gasteiger partial charge in [-0.05, 0) is 68.9 Å². The Labute approximate surface area is 196 Å². The molecule has 0 bridgehead atoms. The molecule has 1 amide bonds. The Morgan fingerprint density at radius 3 is 2.48 bits per heavy atom. The summed E-state index contributed by atoms with van der Waals surface area (Å²) in [6.07, 6.45) is 4.13. The molecule has 1 heterocycles. The van der Waals surface area contributed by atoms with Crippen LogP contribution in [0.25, 0.3) is 16.6 Å². The number of aromatic nitrogens is 2.